The van der Waals surface area contributed by atoms with Gasteiger partial charge in [0.2, 0.25) is 11.9 Å². The lowest BCUT2D eigenvalue weighted by atomic mass is 10.2. The minimum atomic E-state index is -0.206. The zero-order chi connectivity index (χ0) is 20.1. The molecule has 1 atom stereocenters. The molecule has 1 unspecified atom stereocenters. The summed E-state index contributed by atoms with van der Waals surface area (Å²) in [6.45, 7) is 18.5. The third-order valence-corrected chi connectivity index (χ3v) is 5.60. The van der Waals surface area contributed by atoms with Gasteiger partial charge in [0, 0.05) is 31.7 Å². The summed E-state index contributed by atoms with van der Waals surface area (Å²) in [7, 11) is 0. The van der Waals surface area contributed by atoms with E-state index in [-0.39, 0.29) is 23.2 Å². The van der Waals surface area contributed by atoms with E-state index in [9.17, 15) is 4.79 Å². The van der Waals surface area contributed by atoms with Gasteiger partial charge >= 0.3 is 0 Å². The van der Waals surface area contributed by atoms with Crippen LogP contribution < -0.4 is 4.90 Å². The summed E-state index contributed by atoms with van der Waals surface area (Å²) >= 11 is 1.51. The van der Waals surface area contributed by atoms with E-state index in [0.29, 0.717) is 19.1 Å². The van der Waals surface area contributed by atoms with Crippen LogP contribution in [0.3, 0.4) is 0 Å². The number of morpholine rings is 1. The molecule has 1 aromatic rings. The zero-order valence-corrected chi connectivity index (χ0v) is 18.6. The van der Waals surface area contributed by atoms with E-state index in [0.717, 1.165) is 30.7 Å². The third-order valence-electron chi connectivity index (χ3n) is 4.54. The SMILES string of the molecule is CC(C)Cn1c(SC(C)C(=O)N(C(C)C)C(C)C)nnc1N1CCOCC1. The van der Waals surface area contributed by atoms with Crippen LogP contribution in [-0.2, 0) is 16.1 Å². The lowest BCUT2D eigenvalue weighted by Crippen LogP contribution is -2.45. The van der Waals surface area contributed by atoms with Crippen LogP contribution in [0.4, 0.5) is 5.95 Å². The Kier molecular flexibility index (Phi) is 7.97. The summed E-state index contributed by atoms with van der Waals surface area (Å²) in [4.78, 5) is 17.2. The van der Waals surface area contributed by atoms with E-state index < -0.39 is 0 Å². The standard InChI is InChI=1S/C19H35N5O2S/c1-13(2)12-23-18(22-8-10-26-11-9-22)20-21-19(23)27-16(7)17(25)24(14(3)4)15(5)6/h13-16H,8-12H2,1-7H3. The number of carbonyl (C=O) groups excluding carboxylic acids is 1. The molecular weight excluding hydrogens is 362 g/mol. The van der Waals surface area contributed by atoms with E-state index in [1.807, 2.05) is 11.8 Å². The molecule has 0 bridgehead atoms. The average Bonchev–Trinajstić information content (AvgIpc) is 2.96. The molecule has 1 aliphatic heterocycles. The number of amides is 1. The Morgan fingerprint density at radius 2 is 1.67 bits per heavy atom. The van der Waals surface area contributed by atoms with Gasteiger partial charge in [0.1, 0.15) is 0 Å². The number of thioether (sulfide) groups is 1. The highest BCUT2D eigenvalue weighted by Gasteiger charge is 2.28. The average molecular weight is 398 g/mol. The molecule has 8 heteroatoms. The second kappa shape index (κ2) is 9.78. The summed E-state index contributed by atoms with van der Waals surface area (Å²) in [6, 6.07) is 0.357. The van der Waals surface area contributed by atoms with E-state index in [1.54, 1.807) is 0 Å². The molecule has 0 aliphatic carbocycles. The van der Waals surface area contributed by atoms with E-state index in [4.69, 9.17) is 4.74 Å². The zero-order valence-electron chi connectivity index (χ0n) is 17.8. The molecule has 1 aromatic heterocycles. The highest BCUT2D eigenvalue weighted by molar-refractivity contribution is 8.00. The largest absolute Gasteiger partial charge is 0.378 e. The van der Waals surface area contributed by atoms with Crippen LogP contribution in [0.1, 0.15) is 48.5 Å². The number of hydrogen-bond acceptors (Lipinski definition) is 6. The lowest BCUT2D eigenvalue weighted by molar-refractivity contribution is -0.133. The van der Waals surface area contributed by atoms with Gasteiger partial charge < -0.3 is 14.5 Å². The Labute approximate surface area is 167 Å². The number of rotatable bonds is 8. The van der Waals surface area contributed by atoms with E-state index in [2.05, 4.69) is 61.2 Å². The predicted octanol–water partition coefficient (Wildman–Crippen LogP) is 2.90. The smallest absolute Gasteiger partial charge is 0.236 e. The highest BCUT2D eigenvalue weighted by atomic mass is 32.2. The van der Waals surface area contributed by atoms with Crippen molar-refractivity contribution < 1.29 is 9.53 Å². The van der Waals surface area contributed by atoms with Gasteiger partial charge in [-0.2, -0.15) is 0 Å². The fraction of sp³-hybridized carbons (Fsp3) is 0.842. The first-order valence-corrected chi connectivity index (χ1v) is 10.8. The molecule has 1 amide bonds. The molecule has 7 nitrogen and oxygen atoms in total. The maximum atomic E-state index is 13.0. The number of anilines is 1. The summed E-state index contributed by atoms with van der Waals surface area (Å²) in [6.07, 6.45) is 0. The molecule has 0 spiro atoms. The normalized spacial score (nSPS) is 16.4. The van der Waals surface area contributed by atoms with Gasteiger partial charge in [0.25, 0.3) is 0 Å². The van der Waals surface area contributed by atoms with Crippen molar-refractivity contribution in [3.63, 3.8) is 0 Å². The number of hydrogen-bond donors (Lipinski definition) is 0. The van der Waals surface area contributed by atoms with Crippen molar-refractivity contribution in [1.82, 2.24) is 19.7 Å². The van der Waals surface area contributed by atoms with Crippen LogP contribution in [0.5, 0.6) is 0 Å². The second-order valence-corrected chi connectivity index (χ2v) is 9.39. The van der Waals surface area contributed by atoms with Gasteiger partial charge in [0.15, 0.2) is 5.16 Å². The predicted molar refractivity (Wildman–Crippen MR) is 110 cm³/mol. The Morgan fingerprint density at radius 1 is 1.07 bits per heavy atom. The number of aromatic nitrogens is 3. The molecular formula is C19H35N5O2S. The molecule has 0 N–H and O–H groups in total. The maximum Gasteiger partial charge on any atom is 0.236 e. The summed E-state index contributed by atoms with van der Waals surface area (Å²) in [5, 5.41) is 9.51. The Morgan fingerprint density at radius 3 is 2.19 bits per heavy atom. The molecule has 0 saturated carbocycles. The van der Waals surface area contributed by atoms with Gasteiger partial charge in [-0.1, -0.05) is 25.6 Å². The Balaban J connectivity index is 2.21. The van der Waals surface area contributed by atoms with Gasteiger partial charge in [-0.25, -0.2) is 0 Å². The van der Waals surface area contributed by atoms with Crippen LogP contribution in [0.2, 0.25) is 0 Å². The molecule has 1 saturated heterocycles. The molecule has 1 aliphatic rings. The number of nitrogens with zero attached hydrogens (tertiary/aromatic N) is 5. The number of ether oxygens (including phenoxy) is 1. The minimum Gasteiger partial charge on any atom is -0.378 e. The van der Waals surface area contributed by atoms with Crippen LogP contribution in [0.25, 0.3) is 0 Å². The van der Waals surface area contributed by atoms with Crippen molar-refractivity contribution in [3.8, 4) is 0 Å². The summed E-state index contributed by atoms with van der Waals surface area (Å²) < 4.78 is 7.63. The van der Waals surface area contributed by atoms with Crippen molar-refractivity contribution >= 4 is 23.6 Å². The van der Waals surface area contributed by atoms with Crippen LogP contribution in [0.15, 0.2) is 5.16 Å². The van der Waals surface area contributed by atoms with Gasteiger partial charge in [-0.05, 0) is 40.5 Å². The molecule has 2 rings (SSSR count). The fourth-order valence-corrected chi connectivity index (χ4v) is 4.32. The first-order valence-electron chi connectivity index (χ1n) is 9.97. The second-order valence-electron chi connectivity index (χ2n) is 8.08. The van der Waals surface area contributed by atoms with E-state index in [1.165, 1.54) is 11.8 Å². The molecule has 0 radical (unpaired) electrons. The summed E-state index contributed by atoms with van der Waals surface area (Å²) in [5.74, 6) is 1.50. The van der Waals surface area contributed by atoms with Crippen LogP contribution in [0, 0.1) is 5.92 Å². The van der Waals surface area contributed by atoms with Gasteiger partial charge in [-0.3, -0.25) is 9.36 Å². The molecule has 1 fully saturated rings. The Bertz CT molecular complexity index is 603. The van der Waals surface area contributed by atoms with Crippen molar-refractivity contribution in [1.29, 1.82) is 0 Å². The minimum absolute atomic E-state index is 0.150. The fourth-order valence-electron chi connectivity index (χ4n) is 3.41. The molecule has 0 aromatic carbocycles. The van der Waals surface area contributed by atoms with Crippen LogP contribution >= 0.6 is 11.8 Å². The quantitative estimate of drug-likeness (QED) is 0.629. The van der Waals surface area contributed by atoms with Crippen molar-refractivity contribution in [2.75, 3.05) is 31.2 Å². The summed E-state index contributed by atoms with van der Waals surface area (Å²) in [5.41, 5.74) is 0. The molecule has 27 heavy (non-hydrogen) atoms. The Hall–Kier alpha value is -1.28. The van der Waals surface area contributed by atoms with Gasteiger partial charge in [-0.15, -0.1) is 10.2 Å². The molecule has 2 heterocycles. The van der Waals surface area contributed by atoms with Crippen molar-refractivity contribution in [2.45, 2.75) is 77.5 Å². The maximum absolute atomic E-state index is 13.0. The number of carbonyl (C=O) groups is 1. The third kappa shape index (κ3) is 5.60. The molecule has 154 valence electrons. The van der Waals surface area contributed by atoms with Crippen molar-refractivity contribution in [2.24, 2.45) is 5.92 Å². The topological polar surface area (TPSA) is 63.5 Å². The van der Waals surface area contributed by atoms with Gasteiger partial charge in [0.05, 0.1) is 18.5 Å². The van der Waals surface area contributed by atoms with Crippen LogP contribution in [-0.4, -0.2) is 69.2 Å². The van der Waals surface area contributed by atoms with E-state index >= 15 is 0 Å². The lowest BCUT2D eigenvalue weighted by Gasteiger charge is -2.33. The first-order chi connectivity index (χ1) is 12.7. The highest BCUT2D eigenvalue weighted by Crippen LogP contribution is 2.28. The van der Waals surface area contributed by atoms with Crippen molar-refractivity contribution in [3.05, 3.63) is 0 Å². The monoisotopic (exact) mass is 397 g/mol. The first kappa shape index (κ1) is 22.0.